The molecule has 11 rings (SSSR count). The topological polar surface area (TPSA) is 52.0 Å². The maximum Gasteiger partial charge on any atom is 0.160 e. The number of furan rings is 1. The number of hydrogen-bond acceptors (Lipinski definition) is 4. The molecular formula is C47H31N5O. The fraction of sp³-hybridized carbons (Fsp3) is 0.0213. The lowest BCUT2D eigenvalue weighted by molar-refractivity contribution is 0.669. The van der Waals surface area contributed by atoms with Gasteiger partial charge in [0.2, 0.25) is 0 Å². The molecule has 0 N–H and O–H groups in total. The van der Waals surface area contributed by atoms with Gasteiger partial charge in [-0.25, -0.2) is 4.98 Å². The number of hydrogen-bond donors (Lipinski definition) is 0. The van der Waals surface area contributed by atoms with E-state index >= 15 is 0 Å². The molecule has 0 fully saturated rings. The minimum Gasteiger partial charge on any atom is -0.454 e. The average molecular weight is 682 g/mol. The van der Waals surface area contributed by atoms with Gasteiger partial charge in [-0.15, -0.1) is 0 Å². The minimum atomic E-state index is 0.837. The van der Waals surface area contributed by atoms with E-state index in [0.717, 1.165) is 83.3 Å². The van der Waals surface area contributed by atoms with Crippen LogP contribution in [-0.2, 0) is 7.05 Å². The highest BCUT2D eigenvalue weighted by Gasteiger charge is 2.24. The lowest BCUT2D eigenvalue weighted by Gasteiger charge is -2.27. The summed E-state index contributed by atoms with van der Waals surface area (Å²) >= 11 is 0. The van der Waals surface area contributed by atoms with Gasteiger partial charge in [0, 0.05) is 57.9 Å². The molecule has 0 saturated heterocycles. The van der Waals surface area contributed by atoms with Crippen molar-refractivity contribution >= 4 is 82.4 Å². The molecule has 250 valence electrons. The normalized spacial score (nSPS) is 11.9. The molecule has 6 heteroatoms. The smallest absolute Gasteiger partial charge is 0.160 e. The van der Waals surface area contributed by atoms with Gasteiger partial charge < -0.3 is 9.32 Å². The Morgan fingerprint density at radius 1 is 0.566 bits per heavy atom. The molecule has 0 radical (unpaired) electrons. The van der Waals surface area contributed by atoms with E-state index in [9.17, 15) is 0 Å². The summed E-state index contributed by atoms with van der Waals surface area (Å²) in [5.74, 6) is 0.872. The van der Waals surface area contributed by atoms with Crippen LogP contribution < -0.4 is 4.90 Å². The first kappa shape index (κ1) is 29.5. The Bertz CT molecular complexity index is 3210. The molecule has 0 amide bonds. The van der Waals surface area contributed by atoms with Crippen LogP contribution in [0, 0.1) is 0 Å². The lowest BCUT2D eigenvalue weighted by atomic mass is 9.98. The van der Waals surface area contributed by atoms with E-state index in [0.29, 0.717) is 0 Å². The molecule has 53 heavy (non-hydrogen) atoms. The first-order valence-corrected chi connectivity index (χ1v) is 17.8. The third-order valence-corrected chi connectivity index (χ3v) is 10.5. The molecule has 0 spiro atoms. The van der Waals surface area contributed by atoms with Crippen molar-refractivity contribution in [3.05, 3.63) is 170 Å². The highest BCUT2D eigenvalue weighted by molar-refractivity contribution is 6.29. The molecule has 0 bridgehead atoms. The van der Waals surface area contributed by atoms with E-state index < -0.39 is 0 Å². The van der Waals surface area contributed by atoms with Gasteiger partial charge >= 0.3 is 0 Å². The van der Waals surface area contributed by atoms with Crippen molar-refractivity contribution in [3.63, 3.8) is 0 Å². The number of anilines is 3. The van der Waals surface area contributed by atoms with Crippen LogP contribution in [0.2, 0.25) is 0 Å². The van der Waals surface area contributed by atoms with Crippen LogP contribution in [-0.4, -0.2) is 19.3 Å². The van der Waals surface area contributed by atoms with Gasteiger partial charge in [0.1, 0.15) is 11.4 Å². The Morgan fingerprint density at radius 3 is 2.15 bits per heavy atom. The summed E-state index contributed by atoms with van der Waals surface area (Å²) in [5, 5.41) is 14.0. The quantitative estimate of drug-likeness (QED) is 0.181. The summed E-state index contributed by atoms with van der Waals surface area (Å²) in [4.78, 5) is 7.15. The zero-order valence-corrected chi connectivity index (χ0v) is 28.8. The molecule has 6 nitrogen and oxygen atoms in total. The molecule has 0 aliphatic rings. The number of rotatable bonds is 5. The van der Waals surface area contributed by atoms with Gasteiger partial charge in [-0.2, -0.15) is 5.10 Å². The zero-order chi connectivity index (χ0) is 35.0. The molecule has 4 aromatic heterocycles. The molecule has 0 unspecified atom stereocenters. The summed E-state index contributed by atoms with van der Waals surface area (Å²) in [5.41, 5.74) is 8.78. The fourth-order valence-corrected chi connectivity index (χ4v) is 8.17. The third-order valence-electron chi connectivity index (χ3n) is 10.5. The Morgan fingerprint density at radius 2 is 1.32 bits per heavy atom. The maximum atomic E-state index is 7.00. The highest BCUT2D eigenvalue weighted by Crippen LogP contribution is 2.48. The number of pyridine rings is 1. The van der Waals surface area contributed by atoms with E-state index in [1.54, 1.807) is 0 Å². The van der Waals surface area contributed by atoms with E-state index in [-0.39, 0.29) is 0 Å². The molecule has 0 aliphatic carbocycles. The van der Waals surface area contributed by atoms with Gasteiger partial charge in [0.25, 0.3) is 0 Å². The second-order valence-corrected chi connectivity index (χ2v) is 13.6. The van der Waals surface area contributed by atoms with Crippen LogP contribution in [0.15, 0.2) is 175 Å². The summed E-state index contributed by atoms with van der Waals surface area (Å²) < 4.78 is 11.1. The van der Waals surface area contributed by atoms with E-state index in [1.165, 1.54) is 16.2 Å². The van der Waals surface area contributed by atoms with Crippen LogP contribution in [0.4, 0.5) is 17.1 Å². The highest BCUT2D eigenvalue weighted by atomic mass is 16.3. The van der Waals surface area contributed by atoms with Gasteiger partial charge in [-0.3, -0.25) is 9.25 Å². The third kappa shape index (κ3) is 4.52. The molecular weight excluding hydrogens is 651 g/mol. The Balaban J connectivity index is 1.26. The van der Waals surface area contributed by atoms with Crippen LogP contribution in [0.3, 0.4) is 0 Å². The second-order valence-electron chi connectivity index (χ2n) is 13.6. The lowest BCUT2D eigenvalue weighted by Crippen LogP contribution is -2.11. The number of para-hydroxylation sites is 1. The van der Waals surface area contributed by atoms with Crippen molar-refractivity contribution in [3.8, 4) is 17.1 Å². The van der Waals surface area contributed by atoms with Gasteiger partial charge in [0.05, 0.1) is 22.4 Å². The first-order valence-electron chi connectivity index (χ1n) is 17.8. The van der Waals surface area contributed by atoms with Gasteiger partial charge in [-0.1, -0.05) is 97.1 Å². The molecule has 4 heterocycles. The molecule has 0 atom stereocenters. The Hall–Kier alpha value is -7.18. The minimum absolute atomic E-state index is 0.837. The Labute approximate surface area is 304 Å². The van der Waals surface area contributed by atoms with E-state index in [4.69, 9.17) is 14.5 Å². The Kier molecular flexibility index (Phi) is 6.36. The maximum absolute atomic E-state index is 7.00. The molecule has 11 aromatic rings. The van der Waals surface area contributed by atoms with Crippen molar-refractivity contribution < 1.29 is 4.42 Å². The standard InChI is InChI=1S/C47H31N5O/c1-50-26-24-39(49-50)32-13-10-14-33(27-32)51(34-21-22-38-37-17-6-7-18-40(37)52(41(38)29-34)44-19-8-9-25-48-44)42-28-31-12-3-5-16-36(31)46-45-35-15-4-2-11-30(35)20-23-43(45)53-47(42)46/h2-29H,1H3. The number of benzene rings is 7. The molecule has 0 aliphatic heterocycles. The van der Waals surface area contributed by atoms with Crippen LogP contribution in [0.25, 0.3) is 82.4 Å². The second kappa shape index (κ2) is 11.4. The van der Waals surface area contributed by atoms with Crippen molar-refractivity contribution in [2.24, 2.45) is 7.05 Å². The van der Waals surface area contributed by atoms with Crippen LogP contribution in [0.5, 0.6) is 0 Å². The predicted octanol–water partition coefficient (Wildman–Crippen LogP) is 12.3. The SMILES string of the molecule is Cn1ccc(-c2cccc(N(c3ccc4c5ccccc5n(-c5ccccn5)c4c3)c3cc4ccccc4c4c3oc3ccc5ccccc5c34)c2)n1. The van der Waals surface area contributed by atoms with E-state index in [1.807, 2.05) is 36.3 Å². The van der Waals surface area contributed by atoms with Crippen molar-refractivity contribution in [2.45, 2.75) is 0 Å². The number of aryl methyl sites for hydroxylation is 1. The van der Waals surface area contributed by atoms with E-state index in [2.05, 4.69) is 155 Å². The van der Waals surface area contributed by atoms with Gasteiger partial charge in [0.15, 0.2) is 5.58 Å². The van der Waals surface area contributed by atoms with Gasteiger partial charge in [-0.05, 0) is 82.2 Å². The zero-order valence-electron chi connectivity index (χ0n) is 28.8. The van der Waals surface area contributed by atoms with Crippen molar-refractivity contribution in [2.75, 3.05) is 4.90 Å². The number of nitrogens with zero attached hydrogens (tertiary/aromatic N) is 5. The van der Waals surface area contributed by atoms with Crippen LogP contribution in [0.1, 0.15) is 0 Å². The first-order chi connectivity index (χ1) is 26.2. The molecule has 7 aromatic carbocycles. The average Bonchev–Trinajstić information content (AvgIpc) is 3.92. The van der Waals surface area contributed by atoms with Crippen molar-refractivity contribution in [1.29, 1.82) is 0 Å². The summed E-state index contributed by atoms with van der Waals surface area (Å²) in [7, 11) is 1.95. The summed E-state index contributed by atoms with van der Waals surface area (Å²) in [6, 6.07) is 55.8. The largest absolute Gasteiger partial charge is 0.454 e. The fourth-order valence-electron chi connectivity index (χ4n) is 8.17. The summed E-state index contributed by atoms with van der Waals surface area (Å²) in [6.07, 6.45) is 3.84. The number of aromatic nitrogens is 4. The predicted molar refractivity (Wildman–Crippen MR) is 218 cm³/mol. The number of fused-ring (bicyclic) bond motifs is 10. The monoisotopic (exact) mass is 681 g/mol. The van der Waals surface area contributed by atoms with Crippen LogP contribution >= 0.6 is 0 Å². The summed E-state index contributed by atoms with van der Waals surface area (Å²) in [6.45, 7) is 0. The van der Waals surface area contributed by atoms with Crippen molar-refractivity contribution in [1.82, 2.24) is 19.3 Å². The molecule has 0 saturated carbocycles.